The minimum absolute atomic E-state index is 0. The van der Waals surface area contributed by atoms with Gasteiger partial charge in [0.15, 0.2) is 0 Å². The Hall–Kier alpha value is -0.860. The van der Waals surface area contributed by atoms with Gasteiger partial charge in [-0.1, -0.05) is 28.7 Å². The van der Waals surface area contributed by atoms with Crippen molar-refractivity contribution in [2.75, 3.05) is 0 Å². The highest BCUT2D eigenvalue weighted by molar-refractivity contribution is 5.83. The summed E-state index contributed by atoms with van der Waals surface area (Å²) in [7, 11) is 0. The van der Waals surface area contributed by atoms with Gasteiger partial charge < -0.3 is 5.11 Å². The highest BCUT2D eigenvalue weighted by Gasteiger charge is 2.30. The van der Waals surface area contributed by atoms with E-state index in [4.69, 9.17) is 5.11 Å². The molecule has 0 aliphatic heterocycles. The van der Waals surface area contributed by atoms with Gasteiger partial charge in [0.05, 0.1) is 5.92 Å². The fourth-order valence-corrected chi connectivity index (χ4v) is 2.10. The quantitative estimate of drug-likeness (QED) is 0.808. The van der Waals surface area contributed by atoms with Crippen LogP contribution in [-0.2, 0) is 9.59 Å². The molecule has 1 fully saturated rings. The smallest absolute Gasteiger partial charge is 0.306 e. The van der Waals surface area contributed by atoms with Gasteiger partial charge >= 0.3 is 5.97 Å². The lowest BCUT2D eigenvalue weighted by Gasteiger charge is -2.26. The standard InChI is InChI=1S/C11H18O3.2CH4/c1-7(2)10(12)8-3-5-9(6-4-8)11(13)14;;/h7-9H,3-6H2,1-2H3,(H,13,14);2*1H4. The van der Waals surface area contributed by atoms with Crippen molar-refractivity contribution in [2.24, 2.45) is 17.8 Å². The number of rotatable bonds is 3. The van der Waals surface area contributed by atoms with Gasteiger partial charge in [-0.15, -0.1) is 0 Å². The van der Waals surface area contributed by atoms with Gasteiger partial charge in [0, 0.05) is 11.8 Å². The molecule has 0 saturated heterocycles. The number of Topliss-reactive ketones (excluding diaryl/α,β-unsaturated/α-hetero) is 1. The predicted octanol–water partition coefficient (Wildman–Crippen LogP) is 3.37. The van der Waals surface area contributed by atoms with E-state index in [1.807, 2.05) is 13.8 Å². The monoisotopic (exact) mass is 230 g/mol. The number of hydrogen-bond donors (Lipinski definition) is 1. The number of carboxylic acid groups (broad SMARTS) is 1. The van der Waals surface area contributed by atoms with Crippen LogP contribution in [-0.4, -0.2) is 16.9 Å². The van der Waals surface area contributed by atoms with E-state index in [9.17, 15) is 9.59 Å². The third kappa shape index (κ3) is 4.33. The van der Waals surface area contributed by atoms with E-state index in [-0.39, 0.29) is 32.6 Å². The Morgan fingerprint density at radius 2 is 1.38 bits per heavy atom. The van der Waals surface area contributed by atoms with Crippen molar-refractivity contribution in [3.63, 3.8) is 0 Å². The van der Waals surface area contributed by atoms with Gasteiger partial charge in [0.25, 0.3) is 0 Å². The molecule has 1 aliphatic carbocycles. The van der Waals surface area contributed by atoms with E-state index in [1.54, 1.807) is 0 Å². The third-order valence-corrected chi connectivity index (χ3v) is 3.05. The lowest BCUT2D eigenvalue weighted by Crippen LogP contribution is -2.28. The fourth-order valence-electron chi connectivity index (χ4n) is 2.10. The van der Waals surface area contributed by atoms with E-state index in [0.29, 0.717) is 18.6 Å². The number of carbonyl (C=O) groups is 2. The molecule has 3 nitrogen and oxygen atoms in total. The van der Waals surface area contributed by atoms with Crippen molar-refractivity contribution in [2.45, 2.75) is 54.4 Å². The van der Waals surface area contributed by atoms with Crippen LogP contribution < -0.4 is 0 Å². The van der Waals surface area contributed by atoms with Crippen molar-refractivity contribution in [3.8, 4) is 0 Å². The maximum absolute atomic E-state index is 11.6. The molecule has 96 valence electrons. The molecular weight excluding hydrogens is 204 g/mol. The second-order valence-corrected chi connectivity index (χ2v) is 4.44. The molecule has 3 heteroatoms. The Kier molecular flexibility index (Phi) is 8.13. The lowest BCUT2D eigenvalue weighted by atomic mass is 9.78. The molecule has 0 bridgehead atoms. The number of carboxylic acids is 1. The van der Waals surface area contributed by atoms with Crippen LogP contribution in [0.1, 0.15) is 54.4 Å². The molecule has 0 heterocycles. The molecular formula is C13H26O3. The van der Waals surface area contributed by atoms with Gasteiger partial charge in [-0.3, -0.25) is 9.59 Å². The first-order valence-corrected chi connectivity index (χ1v) is 5.29. The van der Waals surface area contributed by atoms with Gasteiger partial charge in [-0.05, 0) is 25.7 Å². The maximum Gasteiger partial charge on any atom is 0.306 e. The van der Waals surface area contributed by atoms with E-state index in [0.717, 1.165) is 12.8 Å². The summed E-state index contributed by atoms with van der Waals surface area (Å²) in [4.78, 5) is 22.3. The van der Waals surface area contributed by atoms with Crippen molar-refractivity contribution in [3.05, 3.63) is 0 Å². The Balaban J connectivity index is 0. The average Bonchev–Trinajstić information content (AvgIpc) is 2.16. The highest BCUT2D eigenvalue weighted by Crippen LogP contribution is 2.30. The lowest BCUT2D eigenvalue weighted by molar-refractivity contribution is -0.144. The summed E-state index contributed by atoms with van der Waals surface area (Å²) in [6.07, 6.45) is 2.85. The molecule has 1 saturated carbocycles. The molecule has 0 atom stereocenters. The summed E-state index contributed by atoms with van der Waals surface area (Å²) in [5, 5.41) is 8.79. The molecule has 16 heavy (non-hydrogen) atoms. The molecule has 0 aromatic carbocycles. The van der Waals surface area contributed by atoms with Crippen molar-refractivity contribution in [1.29, 1.82) is 0 Å². The number of hydrogen-bond acceptors (Lipinski definition) is 2. The molecule has 1 aliphatic rings. The summed E-state index contributed by atoms with van der Waals surface area (Å²) in [6, 6.07) is 0. The molecule has 1 N–H and O–H groups in total. The predicted molar refractivity (Wildman–Crippen MR) is 66.4 cm³/mol. The molecule has 0 aromatic rings. The topological polar surface area (TPSA) is 54.4 Å². The largest absolute Gasteiger partial charge is 0.481 e. The molecule has 0 amide bonds. The Morgan fingerprint density at radius 1 is 1.00 bits per heavy atom. The maximum atomic E-state index is 11.6. The highest BCUT2D eigenvalue weighted by atomic mass is 16.4. The Labute approximate surface area is 99.2 Å². The van der Waals surface area contributed by atoms with E-state index in [2.05, 4.69) is 0 Å². The third-order valence-electron chi connectivity index (χ3n) is 3.05. The van der Waals surface area contributed by atoms with Crippen LogP contribution in [0.5, 0.6) is 0 Å². The van der Waals surface area contributed by atoms with Crippen LogP contribution in [0.3, 0.4) is 0 Å². The SMILES string of the molecule is C.C.CC(C)C(=O)C1CCC(C(=O)O)CC1. The summed E-state index contributed by atoms with van der Waals surface area (Å²) in [5.41, 5.74) is 0. The van der Waals surface area contributed by atoms with Crippen molar-refractivity contribution < 1.29 is 14.7 Å². The minimum atomic E-state index is -0.708. The average molecular weight is 230 g/mol. The zero-order valence-electron chi connectivity index (χ0n) is 8.82. The van der Waals surface area contributed by atoms with Crippen LogP contribution in [0.4, 0.5) is 0 Å². The van der Waals surface area contributed by atoms with Gasteiger partial charge in [-0.2, -0.15) is 0 Å². The molecule has 0 unspecified atom stereocenters. The first kappa shape index (κ1) is 17.5. The zero-order valence-corrected chi connectivity index (χ0v) is 8.82. The molecule has 0 radical (unpaired) electrons. The second kappa shape index (κ2) is 7.42. The first-order valence-electron chi connectivity index (χ1n) is 5.29. The molecule has 1 rings (SSSR count). The summed E-state index contributed by atoms with van der Waals surface area (Å²) >= 11 is 0. The summed E-state index contributed by atoms with van der Waals surface area (Å²) in [6.45, 7) is 3.82. The number of ketones is 1. The fraction of sp³-hybridized carbons (Fsp3) is 0.846. The van der Waals surface area contributed by atoms with Crippen LogP contribution in [0.25, 0.3) is 0 Å². The van der Waals surface area contributed by atoms with Crippen molar-refractivity contribution >= 4 is 11.8 Å². The summed E-state index contributed by atoms with van der Waals surface area (Å²) in [5.74, 6) is -0.424. The van der Waals surface area contributed by atoms with E-state index in [1.165, 1.54) is 0 Å². The Bertz CT molecular complexity index is 225. The first-order chi connectivity index (χ1) is 6.52. The normalized spacial score (nSPS) is 24.2. The molecule has 0 spiro atoms. The summed E-state index contributed by atoms with van der Waals surface area (Å²) < 4.78 is 0. The number of carbonyl (C=O) groups excluding carboxylic acids is 1. The van der Waals surface area contributed by atoms with Crippen LogP contribution in [0.2, 0.25) is 0 Å². The minimum Gasteiger partial charge on any atom is -0.481 e. The van der Waals surface area contributed by atoms with Gasteiger partial charge in [-0.25, -0.2) is 0 Å². The van der Waals surface area contributed by atoms with Crippen LogP contribution in [0, 0.1) is 17.8 Å². The van der Waals surface area contributed by atoms with Gasteiger partial charge in [0.1, 0.15) is 5.78 Å². The van der Waals surface area contributed by atoms with Crippen LogP contribution >= 0.6 is 0 Å². The zero-order chi connectivity index (χ0) is 10.7. The Morgan fingerprint density at radius 3 is 1.69 bits per heavy atom. The second-order valence-electron chi connectivity index (χ2n) is 4.44. The van der Waals surface area contributed by atoms with Gasteiger partial charge in [0.2, 0.25) is 0 Å². The van der Waals surface area contributed by atoms with Crippen molar-refractivity contribution in [1.82, 2.24) is 0 Å². The molecule has 0 aromatic heterocycles. The van der Waals surface area contributed by atoms with E-state index >= 15 is 0 Å². The van der Waals surface area contributed by atoms with Crippen LogP contribution in [0.15, 0.2) is 0 Å². The van der Waals surface area contributed by atoms with E-state index < -0.39 is 5.97 Å². The number of aliphatic carboxylic acids is 1.